The third-order valence-electron chi connectivity index (χ3n) is 3.68. The number of piperidine rings is 1. The summed E-state index contributed by atoms with van der Waals surface area (Å²) in [5.41, 5.74) is 0. The maximum Gasteiger partial charge on any atom is 0.216 e. The predicted octanol–water partition coefficient (Wildman–Crippen LogP) is 0.179. The number of nitrogens with zero attached hydrogens (tertiary/aromatic N) is 1. The van der Waals surface area contributed by atoms with E-state index in [9.17, 15) is 8.42 Å². The van der Waals surface area contributed by atoms with Crippen molar-refractivity contribution in [3.05, 3.63) is 0 Å². The van der Waals surface area contributed by atoms with Gasteiger partial charge in [-0.05, 0) is 32.7 Å². The van der Waals surface area contributed by atoms with Crippen molar-refractivity contribution in [2.45, 2.75) is 37.8 Å². The molecule has 1 N–H and O–H groups in total. The van der Waals surface area contributed by atoms with Gasteiger partial charge in [0, 0.05) is 25.7 Å². The number of hydrogen-bond acceptors (Lipinski definition) is 4. The second-order valence-electron chi connectivity index (χ2n) is 4.88. The number of ether oxygens (including phenoxy) is 1. The van der Waals surface area contributed by atoms with E-state index in [-0.39, 0.29) is 11.9 Å². The van der Waals surface area contributed by atoms with E-state index in [0.29, 0.717) is 25.7 Å². The van der Waals surface area contributed by atoms with Crippen molar-refractivity contribution in [1.82, 2.24) is 9.62 Å². The molecule has 0 saturated carbocycles. The van der Waals surface area contributed by atoms with Crippen molar-refractivity contribution in [3.8, 4) is 0 Å². The lowest BCUT2D eigenvalue weighted by molar-refractivity contribution is 0.126. The molecule has 17 heavy (non-hydrogen) atoms. The number of hydrogen-bond donors (Lipinski definition) is 1. The molecule has 1 atom stereocenters. The predicted molar refractivity (Wildman–Crippen MR) is 66.4 cm³/mol. The van der Waals surface area contributed by atoms with Crippen LogP contribution in [-0.2, 0) is 14.8 Å². The maximum absolute atomic E-state index is 12.2. The highest BCUT2D eigenvalue weighted by molar-refractivity contribution is 7.89. The van der Waals surface area contributed by atoms with Gasteiger partial charge < -0.3 is 10.1 Å². The van der Waals surface area contributed by atoms with Gasteiger partial charge in [0.25, 0.3) is 0 Å². The van der Waals surface area contributed by atoms with Crippen LogP contribution in [0, 0.1) is 0 Å². The Balaban J connectivity index is 1.87. The van der Waals surface area contributed by atoms with E-state index in [0.717, 1.165) is 25.7 Å². The zero-order chi connectivity index (χ0) is 12.3. The van der Waals surface area contributed by atoms with Crippen molar-refractivity contribution in [2.75, 3.05) is 32.5 Å². The standard InChI is InChI=1S/C11H22N2O3S/c1-12-10-4-6-13(7-5-10)17(14,15)9-11-3-2-8-16-11/h10-12H,2-9H2,1H3. The molecular formula is C11H22N2O3S. The summed E-state index contributed by atoms with van der Waals surface area (Å²) >= 11 is 0. The van der Waals surface area contributed by atoms with Gasteiger partial charge in [0.2, 0.25) is 10.0 Å². The lowest BCUT2D eigenvalue weighted by Gasteiger charge is -2.31. The lowest BCUT2D eigenvalue weighted by atomic mass is 10.1. The number of nitrogens with one attached hydrogen (secondary N) is 1. The van der Waals surface area contributed by atoms with Gasteiger partial charge in [-0.3, -0.25) is 0 Å². The van der Waals surface area contributed by atoms with Gasteiger partial charge in [-0.2, -0.15) is 0 Å². The van der Waals surface area contributed by atoms with E-state index < -0.39 is 10.0 Å². The highest BCUT2D eigenvalue weighted by Crippen LogP contribution is 2.19. The molecule has 2 aliphatic heterocycles. The largest absolute Gasteiger partial charge is 0.377 e. The second kappa shape index (κ2) is 5.65. The molecule has 5 nitrogen and oxygen atoms in total. The molecule has 2 fully saturated rings. The molecule has 0 aromatic carbocycles. The van der Waals surface area contributed by atoms with Gasteiger partial charge in [-0.15, -0.1) is 0 Å². The Labute approximate surface area is 104 Å². The summed E-state index contributed by atoms with van der Waals surface area (Å²) in [5, 5.41) is 3.20. The van der Waals surface area contributed by atoms with Crippen LogP contribution in [0.2, 0.25) is 0 Å². The Bertz CT molecular complexity index is 331. The molecule has 0 aromatic rings. The van der Waals surface area contributed by atoms with Gasteiger partial charge in [-0.25, -0.2) is 12.7 Å². The average Bonchev–Trinajstić information content (AvgIpc) is 2.81. The van der Waals surface area contributed by atoms with Crippen molar-refractivity contribution in [3.63, 3.8) is 0 Å². The van der Waals surface area contributed by atoms with Gasteiger partial charge in [0.15, 0.2) is 0 Å². The molecular weight excluding hydrogens is 240 g/mol. The van der Waals surface area contributed by atoms with Crippen molar-refractivity contribution < 1.29 is 13.2 Å². The minimum Gasteiger partial charge on any atom is -0.377 e. The topological polar surface area (TPSA) is 58.6 Å². The smallest absolute Gasteiger partial charge is 0.216 e. The Morgan fingerprint density at radius 3 is 2.53 bits per heavy atom. The summed E-state index contributed by atoms with van der Waals surface area (Å²) in [6.07, 6.45) is 3.60. The van der Waals surface area contributed by atoms with E-state index in [1.165, 1.54) is 0 Å². The molecule has 0 bridgehead atoms. The van der Waals surface area contributed by atoms with Gasteiger partial charge in [-0.1, -0.05) is 0 Å². The third kappa shape index (κ3) is 3.40. The Morgan fingerprint density at radius 2 is 2.00 bits per heavy atom. The van der Waals surface area contributed by atoms with Crippen LogP contribution in [0.1, 0.15) is 25.7 Å². The van der Waals surface area contributed by atoms with Crippen LogP contribution in [0.3, 0.4) is 0 Å². The lowest BCUT2D eigenvalue weighted by Crippen LogP contribution is -2.45. The monoisotopic (exact) mass is 262 g/mol. The fourth-order valence-corrected chi connectivity index (χ4v) is 4.25. The zero-order valence-electron chi connectivity index (χ0n) is 10.4. The van der Waals surface area contributed by atoms with Crippen molar-refractivity contribution >= 4 is 10.0 Å². The number of sulfonamides is 1. The van der Waals surface area contributed by atoms with Gasteiger partial charge in [0.1, 0.15) is 0 Å². The minimum absolute atomic E-state index is 0.0815. The van der Waals surface area contributed by atoms with Crippen LogP contribution in [-0.4, -0.2) is 57.4 Å². The highest BCUT2D eigenvalue weighted by atomic mass is 32.2. The van der Waals surface area contributed by atoms with Crippen LogP contribution < -0.4 is 5.32 Å². The molecule has 0 radical (unpaired) electrons. The second-order valence-corrected chi connectivity index (χ2v) is 6.89. The normalized spacial score (nSPS) is 28.6. The first-order valence-corrected chi connectivity index (χ1v) is 7.99. The van der Waals surface area contributed by atoms with E-state index in [4.69, 9.17) is 4.74 Å². The molecule has 100 valence electrons. The molecule has 2 heterocycles. The van der Waals surface area contributed by atoms with E-state index in [2.05, 4.69) is 5.32 Å². The summed E-state index contributed by atoms with van der Waals surface area (Å²) in [6, 6.07) is 0.462. The first kappa shape index (κ1) is 13.3. The van der Waals surface area contributed by atoms with E-state index in [1.807, 2.05) is 7.05 Å². The molecule has 1 unspecified atom stereocenters. The van der Waals surface area contributed by atoms with E-state index >= 15 is 0 Å². The molecule has 0 aromatic heterocycles. The Hall–Kier alpha value is -0.170. The molecule has 6 heteroatoms. The van der Waals surface area contributed by atoms with E-state index in [1.54, 1.807) is 4.31 Å². The Kier molecular flexibility index (Phi) is 4.41. The van der Waals surface area contributed by atoms with Gasteiger partial charge in [0.05, 0.1) is 11.9 Å². The summed E-state index contributed by atoms with van der Waals surface area (Å²) < 4.78 is 31.4. The molecule has 2 aliphatic rings. The summed E-state index contributed by atoms with van der Waals surface area (Å²) in [5.74, 6) is 0.164. The summed E-state index contributed by atoms with van der Waals surface area (Å²) in [4.78, 5) is 0. The maximum atomic E-state index is 12.2. The molecule has 2 saturated heterocycles. The van der Waals surface area contributed by atoms with Gasteiger partial charge >= 0.3 is 0 Å². The van der Waals surface area contributed by atoms with Crippen molar-refractivity contribution in [2.24, 2.45) is 0 Å². The van der Waals surface area contributed by atoms with Crippen LogP contribution >= 0.6 is 0 Å². The highest BCUT2D eigenvalue weighted by Gasteiger charge is 2.31. The first-order chi connectivity index (χ1) is 8.12. The average molecular weight is 262 g/mol. The summed E-state index contributed by atoms with van der Waals surface area (Å²) in [7, 11) is -1.19. The van der Waals surface area contributed by atoms with Crippen LogP contribution in [0.4, 0.5) is 0 Å². The summed E-state index contributed by atoms with van der Waals surface area (Å²) in [6.45, 7) is 1.99. The molecule has 0 spiro atoms. The SMILES string of the molecule is CNC1CCN(S(=O)(=O)CC2CCCO2)CC1. The minimum atomic E-state index is -3.12. The van der Waals surface area contributed by atoms with Crippen molar-refractivity contribution in [1.29, 1.82) is 0 Å². The molecule has 0 aliphatic carbocycles. The number of rotatable bonds is 4. The molecule has 0 amide bonds. The zero-order valence-corrected chi connectivity index (χ0v) is 11.2. The third-order valence-corrected chi connectivity index (χ3v) is 5.62. The fraction of sp³-hybridized carbons (Fsp3) is 1.00. The first-order valence-electron chi connectivity index (χ1n) is 6.38. The van der Waals surface area contributed by atoms with Crippen LogP contribution in [0.15, 0.2) is 0 Å². The van der Waals surface area contributed by atoms with Crippen LogP contribution in [0.25, 0.3) is 0 Å². The van der Waals surface area contributed by atoms with Crippen LogP contribution in [0.5, 0.6) is 0 Å². The Morgan fingerprint density at radius 1 is 1.29 bits per heavy atom. The fourth-order valence-electron chi connectivity index (χ4n) is 2.54. The quantitative estimate of drug-likeness (QED) is 0.785. The molecule has 2 rings (SSSR count).